The molecular formula is C15H24N4. The summed E-state index contributed by atoms with van der Waals surface area (Å²) >= 11 is 0. The van der Waals surface area contributed by atoms with Crippen molar-refractivity contribution in [3.05, 3.63) is 17.6 Å². The maximum absolute atomic E-state index is 5.70. The van der Waals surface area contributed by atoms with E-state index in [0.717, 1.165) is 38.2 Å². The summed E-state index contributed by atoms with van der Waals surface area (Å²) in [4.78, 5) is 8.94. The SMILES string of the molecule is NCCC1(CNc2ncnc3c2CCCCC3)CC1. The van der Waals surface area contributed by atoms with Gasteiger partial charge in [-0.05, 0) is 56.9 Å². The van der Waals surface area contributed by atoms with Crippen LogP contribution in [0.25, 0.3) is 0 Å². The summed E-state index contributed by atoms with van der Waals surface area (Å²) in [5.74, 6) is 1.08. The number of hydrogen-bond donors (Lipinski definition) is 2. The van der Waals surface area contributed by atoms with E-state index in [1.165, 1.54) is 43.4 Å². The van der Waals surface area contributed by atoms with Crippen molar-refractivity contribution in [1.82, 2.24) is 9.97 Å². The van der Waals surface area contributed by atoms with Crippen molar-refractivity contribution in [2.24, 2.45) is 11.1 Å². The monoisotopic (exact) mass is 260 g/mol. The number of aromatic nitrogens is 2. The minimum absolute atomic E-state index is 0.456. The Bertz CT molecular complexity index is 440. The van der Waals surface area contributed by atoms with Crippen molar-refractivity contribution in [3.63, 3.8) is 0 Å². The van der Waals surface area contributed by atoms with Crippen LogP contribution in [0.2, 0.25) is 0 Å². The first-order valence-corrected chi connectivity index (χ1v) is 7.60. The fourth-order valence-corrected chi connectivity index (χ4v) is 3.12. The summed E-state index contributed by atoms with van der Waals surface area (Å²) < 4.78 is 0. The lowest BCUT2D eigenvalue weighted by Crippen LogP contribution is -2.20. The molecule has 19 heavy (non-hydrogen) atoms. The Hall–Kier alpha value is -1.16. The Kier molecular flexibility index (Phi) is 3.69. The molecule has 0 atom stereocenters. The van der Waals surface area contributed by atoms with Crippen LogP contribution in [-0.2, 0) is 12.8 Å². The molecule has 3 N–H and O–H groups in total. The van der Waals surface area contributed by atoms with Gasteiger partial charge in [0, 0.05) is 17.8 Å². The first-order valence-electron chi connectivity index (χ1n) is 7.60. The van der Waals surface area contributed by atoms with Gasteiger partial charge in [0.25, 0.3) is 0 Å². The predicted octanol–water partition coefficient (Wildman–Crippen LogP) is 2.29. The van der Waals surface area contributed by atoms with Crippen molar-refractivity contribution in [2.45, 2.75) is 51.4 Å². The third-order valence-electron chi connectivity index (χ3n) is 4.64. The summed E-state index contributed by atoms with van der Waals surface area (Å²) in [7, 11) is 0. The van der Waals surface area contributed by atoms with Gasteiger partial charge in [0.1, 0.15) is 12.1 Å². The average Bonchev–Trinajstić information content (AvgIpc) is 3.20. The van der Waals surface area contributed by atoms with E-state index in [9.17, 15) is 0 Å². The van der Waals surface area contributed by atoms with E-state index < -0.39 is 0 Å². The molecule has 0 spiro atoms. The molecule has 0 radical (unpaired) electrons. The highest BCUT2D eigenvalue weighted by Gasteiger charge is 2.41. The molecule has 0 aromatic carbocycles. The second-order valence-electron chi connectivity index (χ2n) is 6.10. The lowest BCUT2D eigenvalue weighted by molar-refractivity contribution is 0.500. The minimum atomic E-state index is 0.456. The molecule has 1 fully saturated rings. The summed E-state index contributed by atoms with van der Waals surface area (Å²) in [6, 6.07) is 0. The van der Waals surface area contributed by atoms with Crippen molar-refractivity contribution < 1.29 is 0 Å². The summed E-state index contributed by atoms with van der Waals surface area (Å²) in [5.41, 5.74) is 8.78. The molecule has 1 saturated carbocycles. The Balaban J connectivity index is 1.71. The quantitative estimate of drug-likeness (QED) is 0.797. The minimum Gasteiger partial charge on any atom is -0.369 e. The number of hydrogen-bond acceptors (Lipinski definition) is 4. The van der Waals surface area contributed by atoms with E-state index in [-0.39, 0.29) is 0 Å². The van der Waals surface area contributed by atoms with Crippen molar-refractivity contribution in [2.75, 3.05) is 18.4 Å². The van der Waals surface area contributed by atoms with Crippen LogP contribution >= 0.6 is 0 Å². The maximum Gasteiger partial charge on any atom is 0.132 e. The largest absolute Gasteiger partial charge is 0.369 e. The first-order chi connectivity index (χ1) is 9.33. The van der Waals surface area contributed by atoms with E-state index in [1.807, 2.05) is 0 Å². The van der Waals surface area contributed by atoms with Gasteiger partial charge in [-0.3, -0.25) is 0 Å². The molecule has 0 aliphatic heterocycles. The molecule has 0 unspecified atom stereocenters. The van der Waals surface area contributed by atoms with Crippen molar-refractivity contribution >= 4 is 5.82 Å². The molecule has 4 heteroatoms. The number of nitrogens with zero attached hydrogens (tertiary/aromatic N) is 2. The van der Waals surface area contributed by atoms with E-state index >= 15 is 0 Å². The average molecular weight is 260 g/mol. The van der Waals surface area contributed by atoms with Gasteiger partial charge in [-0.1, -0.05) is 6.42 Å². The van der Waals surface area contributed by atoms with E-state index in [0.29, 0.717) is 5.41 Å². The molecule has 0 bridgehead atoms. The zero-order valence-electron chi connectivity index (χ0n) is 11.6. The Morgan fingerprint density at radius 2 is 2.00 bits per heavy atom. The summed E-state index contributed by atoms with van der Waals surface area (Å²) in [6.07, 6.45) is 11.6. The van der Waals surface area contributed by atoms with Gasteiger partial charge >= 0.3 is 0 Å². The van der Waals surface area contributed by atoms with Crippen LogP contribution in [0.3, 0.4) is 0 Å². The van der Waals surface area contributed by atoms with E-state index in [4.69, 9.17) is 5.73 Å². The molecular weight excluding hydrogens is 236 g/mol. The lowest BCUT2D eigenvalue weighted by Gasteiger charge is -2.17. The van der Waals surface area contributed by atoms with Crippen LogP contribution in [0.15, 0.2) is 6.33 Å². The second kappa shape index (κ2) is 5.45. The van der Waals surface area contributed by atoms with Crippen molar-refractivity contribution in [3.8, 4) is 0 Å². The Labute approximate surface area is 115 Å². The normalized spacial score (nSPS) is 20.5. The van der Waals surface area contributed by atoms with Gasteiger partial charge in [-0.25, -0.2) is 9.97 Å². The maximum atomic E-state index is 5.70. The first kappa shape index (κ1) is 12.9. The van der Waals surface area contributed by atoms with E-state index in [2.05, 4.69) is 15.3 Å². The number of rotatable bonds is 5. The number of nitrogens with two attached hydrogens (primary N) is 1. The number of anilines is 1. The van der Waals surface area contributed by atoms with E-state index in [1.54, 1.807) is 6.33 Å². The predicted molar refractivity (Wildman–Crippen MR) is 77.1 cm³/mol. The smallest absolute Gasteiger partial charge is 0.132 e. The molecule has 1 aromatic heterocycles. The van der Waals surface area contributed by atoms with Crippen LogP contribution in [-0.4, -0.2) is 23.1 Å². The Morgan fingerprint density at radius 3 is 2.79 bits per heavy atom. The highest BCUT2D eigenvalue weighted by atomic mass is 15.0. The molecule has 1 aromatic rings. The molecule has 3 rings (SSSR count). The van der Waals surface area contributed by atoms with Crippen LogP contribution in [0.5, 0.6) is 0 Å². The fourth-order valence-electron chi connectivity index (χ4n) is 3.12. The van der Waals surface area contributed by atoms with Crippen LogP contribution in [0, 0.1) is 5.41 Å². The fraction of sp³-hybridized carbons (Fsp3) is 0.733. The van der Waals surface area contributed by atoms with Gasteiger partial charge in [0.05, 0.1) is 0 Å². The molecule has 1 heterocycles. The highest BCUT2D eigenvalue weighted by molar-refractivity contribution is 5.47. The zero-order valence-corrected chi connectivity index (χ0v) is 11.6. The molecule has 2 aliphatic rings. The van der Waals surface area contributed by atoms with Gasteiger partial charge in [-0.15, -0.1) is 0 Å². The highest BCUT2D eigenvalue weighted by Crippen LogP contribution is 2.48. The number of nitrogens with one attached hydrogen (secondary N) is 1. The van der Waals surface area contributed by atoms with Crippen LogP contribution < -0.4 is 11.1 Å². The van der Waals surface area contributed by atoms with Gasteiger partial charge in [0.2, 0.25) is 0 Å². The van der Waals surface area contributed by atoms with Crippen LogP contribution in [0.1, 0.15) is 49.8 Å². The van der Waals surface area contributed by atoms with Crippen LogP contribution in [0.4, 0.5) is 5.82 Å². The Morgan fingerprint density at radius 1 is 1.16 bits per heavy atom. The number of fused-ring (bicyclic) bond motifs is 1. The molecule has 0 saturated heterocycles. The third kappa shape index (κ3) is 2.89. The third-order valence-corrected chi connectivity index (χ3v) is 4.64. The molecule has 2 aliphatic carbocycles. The lowest BCUT2D eigenvalue weighted by atomic mass is 10.0. The molecule has 104 valence electrons. The van der Waals surface area contributed by atoms with Gasteiger partial charge in [-0.2, -0.15) is 0 Å². The summed E-state index contributed by atoms with van der Waals surface area (Å²) in [6.45, 7) is 1.82. The second-order valence-corrected chi connectivity index (χ2v) is 6.10. The molecule has 0 amide bonds. The standard InChI is InChI=1S/C15H24N4/c16-9-8-15(6-7-15)10-17-14-12-4-2-1-3-5-13(12)18-11-19-14/h11H,1-10,16H2,(H,17,18,19). The zero-order chi connectivity index (χ0) is 13.1. The number of aryl methyl sites for hydroxylation is 1. The van der Waals surface area contributed by atoms with Gasteiger partial charge < -0.3 is 11.1 Å². The van der Waals surface area contributed by atoms with Gasteiger partial charge in [0.15, 0.2) is 0 Å². The topological polar surface area (TPSA) is 63.8 Å². The summed E-state index contributed by atoms with van der Waals surface area (Å²) in [5, 5.41) is 3.58. The molecule has 4 nitrogen and oxygen atoms in total. The van der Waals surface area contributed by atoms with Crippen molar-refractivity contribution in [1.29, 1.82) is 0 Å².